The second-order valence-corrected chi connectivity index (χ2v) is 19.2. The Hall–Kier alpha value is -3.66. The van der Waals surface area contributed by atoms with Crippen molar-refractivity contribution in [2.75, 3.05) is 37.8 Å². The molecule has 1 aliphatic heterocycles. The fraction of sp³-hybridized carbons (Fsp3) is 0.533. The Morgan fingerprint density at radius 1 is 1.02 bits per heavy atom. The van der Waals surface area contributed by atoms with Gasteiger partial charge in [0.15, 0.2) is 29.2 Å². The third-order valence-corrected chi connectivity index (χ3v) is 12.6. The van der Waals surface area contributed by atoms with Crippen LogP contribution < -0.4 is 22.1 Å². The number of phosphoric acid groups is 3. The number of amides is 2. The molecule has 27 nitrogen and oxygen atoms in total. The van der Waals surface area contributed by atoms with Crippen molar-refractivity contribution in [3.8, 4) is 11.5 Å². The van der Waals surface area contributed by atoms with Crippen LogP contribution in [-0.2, 0) is 57.1 Å². The Bertz CT molecular complexity index is 2200. The van der Waals surface area contributed by atoms with E-state index in [0.29, 0.717) is 5.56 Å². The monoisotopic (exact) mass is 946 g/mol. The lowest BCUT2D eigenvalue weighted by Gasteiger charge is -2.30. The van der Waals surface area contributed by atoms with E-state index >= 15 is 0 Å². The van der Waals surface area contributed by atoms with E-state index in [1.807, 2.05) is 0 Å². The van der Waals surface area contributed by atoms with Gasteiger partial charge in [-0.2, -0.15) is 4.31 Å². The van der Waals surface area contributed by atoms with Crippen molar-refractivity contribution in [3.63, 3.8) is 0 Å². The SMILES string of the molecule is CC(C)(COP(=O)(O)OP(=O)(O)OC[C@H]1O[C@@H](n2cnc3c(N)ncnc32)[C@H](O)[C@@H]1OP(=O)(O)O)[C@@H](O)C(=O)NCCC(=O)NCCSC(=O)[C@@H](N)Cc1ccc(O)c(O)c1. The van der Waals surface area contributed by atoms with Gasteiger partial charge in [-0.25, -0.2) is 28.6 Å². The second kappa shape index (κ2) is 20.7. The molecule has 1 fully saturated rings. The number of thioether (sulfide) groups is 1. The number of imidazole rings is 1. The van der Waals surface area contributed by atoms with Gasteiger partial charge in [-0.05, 0) is 24.1 Å². The Labute approximate surface area is 349 Å². The molecule has 8 atom stereocenters. The highest BCUT2D eigenvalue weighted by atomic mass is 32.2. The van der Waals surface area contributed by atoms with Crippen molar-refractivity contribution in [2.45, 2.75) is 63.4 Å². The number of aliphatic hydroxyl groups excluding tert-OH is 2. The summed E-state index contributed by atoms with van der Waals surface area (Å²) >= 11 is 0.868. The van der Waals surface area contributed by atoms with E-state index in [9.17, 15) is 68.1 Å². The van der Waals surface area contributed by atoms with Crippen molar-refractivity contribution in [1.82, 2.24) is 30.2 Å². The number of anilines is 1. The van der Waals surface area contributed by atoms with Crippen LogP contribution in [-0.4, -0.2) is 139 Å². The number of fused-ring (bicyclic) bond motifs is 1. The standard InChI is InChI=1S/C30H45N8O19P3S/c1-30(2,24(43)27(44)34-6-5-20(41)33-7-8-61-29(45)16(31)9-15-3-4-17(39)18(40)10-15)12-54-60(51,52)57-59(49,50)53-11-19-23(56-58(46,47)48)22(42)28(55-19)38-14-37-21-25(32)35-13-36-26(21)38/h3-4,10,13-14,16,19,22-24,28,39-40,42-43H,5-9,11-12,31H2,1-2H3,(H,33,41)(H,34,44)(H,49,50)(H,51,52)(H2,32,35,36)(H2,46,47,48)/t16-,19+,22+,23+,24-,28+/m0/s1. The summed E-state index contributed by atoms with van der Waals surface area (Å²) in [6.07, 6.45) is -7.02. The molecule has 2 amide bonds. The van der Waals surface area contributed by atoms with Gasteiger partial charge in [0, 0.05) is 30.7 Å². The molecule has 3 aromatic rings. The molecule has 1 aromatic carbocycles. The molecule has 0 radical (unpaired) electrons. The van der Waals surface area contributed by atoms with E-state index in [0.717, 1.165) is 29.0 Å². The summed E-state index contributed by atoms with van der Waals surface area (Å²) in [6, 6.07) is 3.14. The van der Waals surface area contributed by atoms with Crippen LogP contribution in [0.2, 0.25) is 0 Å². The van der Waals surface area contributed by atoms with E-state index in [1.54, 1.807) is 0 Å². The zero-order chi connectivity index (χ0) is 45.5. The summed E-state index contributed by atoms with van der Waals surface area (Å²) in [5.74, 6) is -2.09. The number of aromatic nitrogens is 4. The molecule has 61 heavy (non-hydrogen) atoms. The topological polar surface area (TPSA) is 430 Å². The maximum atomic E-state index is 12.7. The molecule has 1 aliphatic rings. The predicted octanol–water partition coefficient (Wildman–Crippen LogP) is -1.35. The average Bonchev–Trinajstić information content (AvgIpc) is 3.72. The Morgan fingerprint density at radius 3 is 2.38 bits per heavy atom. The fourth-order valence-corrected chi connectivity index (χ4v) is 8.95. The van der Waals surface area contributed by atoms with E-state index in [-0.39, 0.29) is 65.3 Å². The summed E-state index contributed by atoms with van der Waals surface area (Å²) in [6.45, 7) is 0.190. The fourth-order valence-electron chi connectivity index (χ4n) is 5.42. The van der Waals surface area contributed by atoms with Crippen LogP contribution in [0.3, 0.4) is 0 Å². The van der Waals surface area contributed by atoms with E-state index < -0.39 is 90.6 Å². The lowest BCUT2D eigenvalue weighted by molar-refractivity contribution is -0.137. The first kappa shape index (κ1) is 50.0. The molecule has 0 bridgehead atoms. The molecule has 0 spiro atoms. The number of hydrogen-bond acceptors (Lipinski definition) is 21. The third-order valence-electron chi connectivity index (χ3n) is 8.54. The Balaban J connectivity index is 1.19. The number of ether oxygens (including phenoxy) is 1. The highest BCUT2D eigenvalue weighted by Gasteiger charge is 2.50. The van der Waals surface area contributed by atoms with Crippen molar-refractivity contribution in [1.29, 1.82) is 0 Å². The summed E-state index contributed by atoms with van der Waals surface area (Å²) < 4.78 is 62.1. The number of phenols is 2. The number of benzene rings is 1. The number of nitrogens with two attached hydrogens (primary N) is 2. The number of phenolic OH excluding ortho intramolecular Hbond substituents is 2. The zero-order valence-electron chi connectivity index (χ0n) is 32.1. The molecule has 0 aliphatic carbocycles. The highest BCUT2D eigenvalue weighted by Crippen LogP contribution is 2.61. The number of carbonyl (C=O) groups is 3. The minimum atomic E-state index is -5.60. The van der Waals surface area contributed by atoms with Gasteiger partial charge in [0.1, 0.15) is 36.3 Å². The summed E-state index contributed by atoms with van der Waals surface area (Å²) in [7, 11) is -16.5. The number of aliphatic hydroxyl groups is 2. The Morgan fingerprint density at radius 2 is 1.70 bits per heavy atom. The van der Waals surface area contributed by atoms with Gasteiger partial charge < -0.3 is 66.8 Å². The van der Waals surface area contributed by atoms with Gasteiger partial charge >= 0.3 is 23.5 Å². The molecular weight excluding hydrogens is 901 g/mol. The van der Waals surface area contributed by atoms with Crippen LogP contribution in [0.15, 0.2) is 30.9 Å². The first-order valence-corrected chi connectivity index (χ1v) is 23.1. The molecule has 2 unspecified atom stereocenters. The van der Waals surface area contributed by atoms with Crippen molar-refractivity contribution in [2.24, 2.45) is 11.1 Å². The van der Waals surface area contributed by atoms with Gasteiger partial charge in [-0.3, -0.25) is 32.5 Å². The number of carbonyl (C=O) groups excluding carboxylic acids is 3. The minimum Gasteiger partial charge on any atom is -0.504 e. The number of nitrogens with zero attached hydrogens (tertiary/aromatic N) is 4. The van der Waals surface area contributed by atoms with Crippen molar-refractivity contribution >= 4 is 69.1 Å². The normalized spacial score (nSPS) is 21.3. The summed E-state index contributed by atoms with van der Waals surface area (Å²) in [5.41, 5.74) is 10.6. The van der Waals surface area contributed by atoms with Crippen molar-refractivity contribution < 1.29 is 90.7 Å². The molecule has 1 saturated heterocycles. The predicted molar refractivity (Wildman–Crippen MR) is 209 cm³/mol. The quantitative estimate of drug-likeness (QED) is 0.0314. The van der Waals surface area contributed by atoms with Crippen LogP contribution in [0.4, 0.5) is 5.82 Å². The molecule has 2 aromatic heterocycles. The van der Waals surface area contributed by atoms with Crippen LogP contribution >= 0.6 is 35.2 Å². The third kappa shape index (κ3) is 14.4. The molecule has 0 saturated carbocycles. The van der Waals surface area contributed by atoms with Crippen LogP contribution in [0.5, 0.6) is 11.5 Å². The van der Waals surface area contributed by atoms with Gasteiger partial charge in [-0.15, -0.1) is 0 Å². The molecular formula is C30H45N8O19P3S. The summed E-state index contributed by atoms with van der Waals surface area (Å²) in [5, 5.41) is 45.0. The molecule has 3 heterocycles. The van der Waals surface area contributed by atoms with E-state index in [4.69, 9.17) is 25.3 Å². The zero-order valence-corrected chi connectivity index (χ0v) is 35.6. The molecule has 31 heteroatoms. The largest absolute Gasteiger partial charge is 0.504 e. The molecule has 4 rings (SSSR count). The Kier molecular flexibility index (Phi) is 16.9. The van der Waals surface area contributed by atoms with Gasteiger partial charge in [0.2, 0.25) is 16.9 Å². The van der Waals surface area contributed by atoms with Crippen molar-refractivity contribution in [3.05, 3.63) is 36.4 Å². The number of nitrogens with one attached hydrogen (secondary N) is 2. The second-order valence-electron chi connectivity index (χ2n) is 13.9. The average molecular weight is 947 g/mol. The van der Waals surface area contributed by atoms with Crippen LogP contribution in [0.25, 0.3) is 11.2 Å². The summed E-state index contributed by atoms with van der Waals surface area (Å²) in [4.78, 5) is 88.1. The maximum Gasteiger partial charge on any atom is 0.481 e. The lowest BCUT2D eigenvalue weighted by Crippen LogP contribution is -2.46. The number of rotatable bonds is 22. The van der Waals surface area contributed by atoms with Gasteiger partial charge in [0.25, 0.3) is 0 Å². The maximum absolute atomic E-state index is 12.7. The molecule has 14 N–H and O–H groups in total. The highest BCUT2D eigenvalue weighted by molar-refractivity contribution is 8.13. The lowest BCUT2D eigenvalue weighted by atomic mass is 9.87. The number of hydrogen-bond donors (Lipinski definition) is 12. The first-order chi connectivity index (χ1) is 28.3. The minimum absolute atomic E-state index is 0.0183. The van der Waals surface area contributed by atoms with E-state index in [1.165, 1.54) is 32.0 Å². The van der Waals surface area contributed by atoms with Crippen LogP contribution in [0, 0.1) is 5.41 Å². The number of nitrogen functional groups attached to an aromatic ring is 1. The number of phosphoric ester groups is 3. The van der Waals surface area contributed by atoms with Gasteiger partial charge in [0.05, 0.1) is 25.6 Å². The smallest absolute Gasteiger partial charge is 0.481 e. The first-order valence-electron chi connectivity index (χ1n) is 17.6. The van der Waals surface area contributed by atoms with Gasteiger partial charge in [-0.1, -0.05) is 31.7 Å². The van der Waals surface area contributed by atoms with Crippen LogP contribution in [0.1, 0.15) is 32.1 Å². The van der Waals surface area contributed by atoms with E-state index in [2.05, 4.69) is 34.4 Å². The number of aromatic hydroxyl groups is 2. The molecule has 340 valence electrons.